The summed E-state index contributed by atoms with van der Waals surface area (Å²) in [5.41, 5.74) is 0.931. The molecule has 0 N–H and O–H groups in total. The van der Waals surface area contributed by atoms with Gasteiger partial charge in [0.1, 0.15) is 5.82 Å². The first kappa shape index (κ1) is 8.54. The van der Waals surface area contributed by atoms with Crippen molar-refractivity contribution in [3.05, 3.63) is 35.6 Å². The highest BCUT2D eigenvalue weighted by atomic mass is 35.5. The first-order valence-corrected chi connectivity index (χ1v) is 3.83. The Labute approximate surface area is 71.0 Å². The number of alkyl halides is 1. The lowest BCUT2D eigenvalue weighted by atomic mass is 10.0. The first-order chi connectivity index (χ1) is 5.00. The van der Waals surface area contributed by atoms with Gasteiger partial charge in [0, 0.05) is 0 Å². The normalized spacial score (nSPS) is 11.6. The molecule has 1 rings (SSSR count). The molecule has 0 heterocycles. The SMILES string of the molecule is CC(C)(Cl)c1ccc(F)cc1. The quantitative estimate of drug-likeness (QED) is 0.571. The van der Waals surface area contributed by atoms with E-state index in [9.17, 15) is 4.39 Å². The summed E-state index contributed by atoms with van der Waals surface area (Å²) in [6, 6.07) is 6.23. The number of hydrogen-bond donors (Lipinski definition) is 0. The van der Waals surface area contributed by atoms with Gasteiger partial charge in [0.2, 0.25) is 0 Å². The number of rotatable bonds is 1. The smallest absolute Gasteiger partial charge is 0.123 e. The van der Waals surface area contributed by atoms with Gasteiger partial charge in [-0.2, -0.15) is 0 Å². The molecule has 0 saturated heterocycles. The zero-order valence-corrected chi connectivity index (χ0v) is 7.32. The fraction of sp³-hybridized carbons (Fsp3) is 0.333. The van der Waals surface area contributed by atoms with E-state index in [4.69, 9.17) is 11.6 Å². The lowest BCUT2D eigenvalue weighted by Crippen LogP contribution is -2.06. The van der Waals surface area contributed by atoms with Crippen molar-refractivity contribution in [1.29, 1.82) is 0 Å². The minimum atomic E-state index is -0.409. The molecule has 0 spiro atoms. The number of hydrogen-bond acceptors (Lipinski definition) is 0. The lowest BCUT2D eigenvalue weighted by Gasteiger charge is -2.15. The summed E-state index contributed by atoms with van der Waals surface area (Å²) in [6.07, 6.45) is 0. The highest BCUT2D eigenvalue weighted by Crippen LogP contribution is 2.27. The van der Waals surface area contributed by atoms with Gasteiger partial charge in [0.15, 0.2) is 0 Å². The molecule has 0 unspecified atom stereocenters. The second-order valence-electron chi connectivity index (χ2n) is 2.98. The Morgan fingerprint density at radius 1 is 1.18 bits per heavy atom. The maximum absolute atomic E-state index is 12.4. The molecule has 0 aliphatic carbocycles. The highest BCUT2D eigenvalue weighted by molar-refractivity contribution is 6.23. The zero-order valence-electron chi connectivity index (χ0n) is 6.57. The van der Waals surface area contributed by atoms with Crippen molar-refractivity contribution in [3.8, 4) is 0 Å². The molecule has 1 aromatic carbocycles. The van der Waals surface area contributed by atoms with Crippen molar-refractivity contribution in [3.63, 3.8) is 0 Å². The average molecular weight is 173 g/mol. The minimum Gasteiger partial charge on any atom is -0.207 e. The van der Waals surface area contributed by atoms with Gasteiger partial charge in [-0.05, 0) is 31.5 Å². The van der Waals surface area contributed by atoms with Gasteiger partial charge < -0.3 is 0 Å². The van der Waals surface area contributed by atoms with Gasteiger partial charge in [-0.3, -0.25) is 0 Å². The van der Waals surface area contributed by atoms with Crippen LogP contribution >= 0.6 is 11.6 Å². The lowest BCUT2D eigenvalue weighted by molar-refractivity contribution is 0.625. The summed E-state index contributed by atoms with van der Waals surface area (Å²) < 4.78 is 12.4. The van der Waals surface area contributed by atoms with E-state index in [2.05, 4.69) is 0 Å². The summed E-state index contributed by atoms with van der Waals surface area (Å²) in [5.74, 6) is -0.227. The van der Waals surface area contributed by atoms with Crippen molar-refractivity contribution in [2.45, 2.75) is 18.7 Å². The fourth-order valence-electron chi connectivity index (χ4n) is 0.846. The summed E-state index contributed by atoms with van der Waals surface area (Å²) in [5, 5.41) is 0. The van der Waals surface area contributed by atoms with E-state index in [1.54, 1.807) is 12.1 Å². The van der Waals surface area contributed by atoms with Gasteiger partial charge in [-0.25, -0.2) is 4.39 Å². The molecular formula is C9H10ClF. The summed E-state index contributed by atoms with van der Waals surface area (Å²) in [7, 11) is 0. The van der Waals surface area contributed by atoms with E-state index in [1.165, 1.54) is 12.1 Å². The molecule has 60 valence electrons. The van der Waals surface area contributed by atoms with Crippen LogP contribution in [0.3, 0.4) is 0 Å². The van der Waals surface area contributed by atoms with Crippen LogP contribution in [-0.4, -0.2) is 0 Å². The van der Waals surface area contributed by atoms with Crippen LogP contribution in [0.4, 0.5) is 4.39 Å². The molecule has 1 aromatic rings. The van der Waals surface area contributed by atoms with Crippen molar-refractivity contribution in [2.75, 3.05) is 0 Å². The van der Waals surface area contributed by atoms with E-state index < -0.39 is 4.87 Å². The van der Waals surface area contributed by atoms with E-state index in [1.807, 2.05) is 13.8 Å². The molecule has 0 radical (unpaired) electrons. The topological polar surface area (TPSA) is 0 Å². The molecule has 0 saturated carbocycles. The largest absolute Gasteiger partial charge is 0.207 e. The predicted octanol–water partition coefficient (Wildman–Crippen LogP) is 3.30. The van der Waals surface area contributed by atoms with Gasteiger partial charge in [0.05, 0.1) is 4.87 Å². The van der Waals surface area contributed by atoms with Crippen LogP contribution in [0.2, 0.25) is 0 Å². The predicted molar refractivity (Wildman–Crippen MR) is 45.3 cm³/mol. The molecule has 2 heteroatoms. The van der Waals surface area contributed by atoms with E-state index in [-0.39, 0.29) is 5.82 Å². The molecule has 0 bridgehead atoms. The molecule has 11 heavy (non-hydrogen) atoms. The third-order valence-corrected chi connectivity index (χ3v) is 1.75. The average Bonchev–Trinajstić information content (AvgIpc) is 1.86. The Morgan fingerprint density at radius 2 is 1.64 bits per heavy atom. The van der Waals surface area contributed by atoms with E-state index >= 15 is 0 Å². The summed E-state index contributed by atoms with van der Waals surface area (Å²) in [6.45, 7) is 3.75. The Bertz CT molecular complexity index is 233. The zero-order chi connectivity index (χ0) is 8.48. The molecular weight excluding hydrogens is 163 g/mol. The van der Waals surface area contributed by atoms with Gasteiger partial charge in [-0.15, -0.1) is 11.6 Å². The van der Waals surface area contributed by atoms with Crippen LogP contribution in [-0.2, 0) is 4.87 Å². The second kappa shape index (κ2) is 2.82. The highest BCUT2D eigenvalue weighted by Gasteiger charge is 2.15. The Hall–Kier alpha value is -0.560. The Kier molecular flexibility index (Phi) is 2.19. The van der Waals surface area contributed by atoms with Crippen LogP contribution in [0.5, 0.6) is 0 Å². The third-order valence-electron chi connectivity index (χ3n) is 1.53. The monoisotopic (exact) mass is 172 g/mol. The molecule has 0 atom stereocenters. The van der Waals surface area contributed by atoms with Crippen molar-refractivity contribution in [1.82, 2.24) is 0 Å². The molecule has 0 amide bonds. The Balaban J connectivity index is 2.99. The molecule has 0 aliphatic heterocycles. The van der Waals surface area contributed by atoms with Crippen LogP contribution in [0.15, 0.2) is 24.3 Å². The van der Waals surface area contributed by atoms with Crippen LogP contribution in [0, 0.1) is 5.82 Å². The fourth-order valence-corrected chi connectivity index (χ4v) is 0.972. The Morgan fingerprint density at radius 3 is 2.00 bits per heavy atom. The molecule has 0 nitrogen and oxygen atoms in total. The van der Waals surface area contributed by atoms with Gasteiger partial charge >= 0.3 is 0 Å². The molecule has 0 aromatic heterocycles. The van der Waals surface area contributed by atoms with Crippen LogP contribution in [0.25, 0.3) is 0 Å². The van der Waals surface area contributed by atoms with Gasteiger partial charge in [0.25, 0.3) is 0 Å². The van der Waals surface area contributed by atoms with E-state index in [0.29, 0.717) is 0 Å². The molecule has 0 aliphatic rings. The van der Waals surface area contributed by atoms with Crippen molar-refractivity contribution in [2.24, 2.45) is 0 Å². The maximum atomic E-state index is 12.4. The van der Waals surface area contributed by atoms with Crippen molar-refractivity contribution >= 4 is 11.6 Å². The van der Waals surface area contributed by atoms with E-state index in [0.717, 1.165) is 5.56 Å². The van der Waals surface area contributed by atoms with Crippen molar-refractivity contribution < 1.29 is 4.39 Å². The molecule has 0 fully saturated rings. The number of halogens is 2. The van der Waals surface area contributed by atoms with Crippen LogP contribution in [0.1, 0.15) is 19.4 Å². The number of benzene rings is 1. The second-order valence-corrected chi connectivity index (χ2v) is 3.92. The first-order valence-electron chi connectivity index (χ1n) is 3.45. The maximum Gasteiger partial charge on any atom is 0.123 e. The summed E-state index contributed by atoms with van der Waals surface area (Å²) >= 11 is 5.99. The standard InChI is InChI=1S/C9H10ClF/c1-9(2,10)7-3-5-8(11)6-4-7/h3-6H,1-2H3. The summed E-state index contributed by atoms with van der Waals surface area (Å²) in [4.78, 5) is -0.409. The minimum absolute atomic E-state index is 0.227. The van der Waals surface area contributed by atoms with Gasteiger partial charge in [-0.1, -0.05) is 12.1 Å². The van der Waals surface area contributed by atoms with Crippen LogP contribution < -0.4 is 0 Å². The third kappa shape index (κ3) is 2.19.